The van der Waals surface area contributed by atoms with Gasteiger partial charge in [-0.3, -0.25) is 15.1 Å². The molecule has 0 saturated carbocycles. The number of carbonyl (C=O) groups is 1. The molecule has 0 bridgehead atoms. The Morgan fingerprint density at radius 3 is 2.84 bits per heavy atom. The highest BCUT2D eigenvalue weighted by atomic mass is 16.5. The molecule has 0 unspecified atom stereocenters. The second-order valence-corrected chi connectivity index (χ2v) is 4.50. The number of aliphatic imine (C=N–C) groups is 1. The first-order valence-electron chi connectivity index (χ1n) is 6.36. The maximum Gasteiger partial charge on any atom is 0.320 e. The summed E-state index contributed by atoms with van der Waals surface area (Å²) in [6.45, 7) is 1.40. The van der Waals surface area contributed by atoms with Crippen molar-refractivity contribution in [3.8, 4) is 0 Å². The molecule has 1 aromatic carbocycles. The first kappa shape index (κ1) is 13.7. The van der Waals surface area contributed by atoms with E-state index < -0.39 is 12.0 Å². The summed E-state index contributed by atoms with van der Waals surface area (Å²) in [5.74, 6) is -0.792. The SMILES string of the molecule is O=C(O)[C@@H]1CCC(=NCOCc2ccccc2)CN1. The van der Waals surface area contributed by atoms with Crippen molar-refractivity contribution in [3.05, 3.63) is 35.9 Å². The Morgan fingerprint density at radius 1 is 1.42 bits per heavy atom. The maximum absolute atomic E-state index is 10.8. The number of ether oxygens (including phenoxy) is 1. The largest absolute Gasteiger partial charge is 0.480 e. The summed E-state index contributed by atoms with van der Waals surface area (Å²) in [4.78, 5) is 15.1. The Kier molecular flexibility index (Phi) is 5.06. The molecule has 1 aliphatic rings. The molecule has 0 aliphatic carbocycles. The van der Waals surface area contributed by atoms with Gasteiger partial charge in [0.15, 0.2) is 0 Å². The predicted molar refractivity (Wildman–Crippen MR) is 72.2 cm³/mol. The fourth-order valence-electron chi connectivity index (χ4n) is 1.96. The Labute approximate surface area is 112 Å². The van der Waals surface area contributed by atoms with Gasteiger partial charge < -0.3 is 9.84 Å². The lowest BCUT2D eigenvalue weighted by atomic mass is 10.0. The quantitative estimate of drug-likeness (QED) is 0.788. The third-order valence-electron chi connectivity index (χ3n) is 3.06. The van der Waals surface area contributed by atoms with Gasteiger partial charge in [0.25, 0.3) is 0 Å². The van der Waals surface area contributed by atoms with Crippen molar-refractivity contribution in [2.75, 3.05) is 13.3 Å². The highest BCUT2D eigenvalue weighted by Crippen LogP contribution is 2.06. The molecule has 19 heavy (non-hydrogen) atoms. The lowest BCUT2D eigenvalue weighted by Crippen LogP contribution is -2.44. The fraction of sp³-hybridized carbons (Fsp3) is 0.429. The Balaban J connectivity index is 1.68. The molecule has 0 amide bonds. The summed E-state index contributed by atoms with van der Waals surface area (Å²) >= 11 is 0. The van der Waals surface area contributed by atoms with Crippen molar-refractivity contribution in [1.29, 1.82) is 0 Å². The van der Waals surface area contributed by atoms with E-state index in [0.29, 0.717) is 26.3 Å². The molecule has 1 atom stereocenters. The van der Waals surface area contributed by atoms with Crippen molar-refractivity contribution in [3.63, 3.8) is 0 Å². The second-order valence-electron chi connectivity index (χ2n) is 4.50. The highest BCUT2D eigenvalue weighted by molar-refractivity contribution is 5.89. The minimum Gasteiger partial charge on any atom is -0.480 e. The van der Waals surface area contributed by atoms with Crippen molar-refractivity contribution < 1.29 is 14.6 Å². The minimum atomic E-state index is -0.792. The molecular weight excluding hydrogens is 244 g/mol. The van der Waals surface area contributed by atoms with Crippen molar-refractivity contribution in [1.82, 2.24) is 5.32 Å². The maximum atomic E-state index is 10.8. The number of carboxylic acid groups (broad SMARTS) is 1. The van der Waals surface area contributed by atoms with E-state index in [1.54, 1.807) is 0 Å². The number of nitrogens with one attached hydrogen (secondary N) is 1. The van der Waals surface area contributed by atoms with E-state index in [0.717, 1.165) is 17.7 Å². The highest BCUT2D eigenvalue weighted by Gasteiger charge is 2.22. The Hall–Kier alpha value is -1.72. The molecular formula is C14H18N2O3. The van der Waals surface area contributed by atoms with Gasteiger partial charge in [0, 0.05) is 12.3 Å². The number of rotatable bonds is 5. The molecule has 1 aliphatic heterocycles. The fourth-order valence-corrected chi connectivity index (χ4v) is 1.96. The van der Waals surface area contributed by atoms with Crippen molar-refractivity contribution >= 4 is 11.7 Å². The molecule has 102 valence electrons. The molecule has 2 N–H and O–H groups in total. The number of aliphatic carboxylic acids is 1. The summed E-state index contributed by atoms with van der Waals surface area (Å²) in [7, 11) is 0. The van der Waals surface area contributed by atoms with Gasteiger partial charge in [-0.05, 0) is 18.4 Å². The third-order valence-corrected chi connectivity index (χ3v) is 3.06. The molecule has 0 aromatic heterocycles. The Morgan fingerprint density at radius 2 is 2.21 bits per heavy atom. The zero-order chi connectivity index (χ0) is 13.5. The predicted octanol–water partition coefficient (Wildman–Crippen LogP) is 1.44. The van der Waals surface area contributed by atoms with E-state index in [1.807, 2.05) is 30.3 Å². The van der Waals surface area contributed by atoms with Crippen LogP contribution in [-0.4, -0.2) is 36.1 Å². The number of piperidine rings is 1. The van der Waals surface area contributed by atoms with E-state index in [4.69, 9.17) is 9.84 Å². The second kappa shape index (κ2) is 7.01. The summed E-state index contributed by atoms with van der Waals surface area (Å²) in [5.41, 5.74) is 2.10. The number of nitrogens with zero attached hydrogens (tertiary/aromatic N) is 1. The standard InChI is InChI=1S/C14H18N2O3/c17-14(18)13-7-6-12(8-15-13)16-10-19-9-11-4-2-1-3-5-11/h1-5,13,15H,6-10H2,(H,17,18)/t13-/m0/s1. The van der Waals surface area contributed by atoms with E-state index in [1.165, 1.54) is 0 Å². The number of carboxylic acids is 1. The van der Waals surface area contributed by atoms with Crippen LogP contribution in [0.15, 0.2) is 35.3 Å². The van der Waals surface area contributed by atoms with Crippen LogP contribution in [0.3, 0.4) is 0 Å². The van der Waals surface area contributed by atoms with Gasteiger partial charge in [0.2, 0.25) is 0 Å². The van der Waals surface area contributed by atoms with E-state index in [-0.39, 0.29) is 0 Å². The topological polar surface area (TPSA) is 70.9 Å². The monoisotopic (exact) mass is 262 g/mol. The summed E-state index contributed by atoms with van der Waals surface area (Å²) in [6.07, 6.45) is 1.31. The molecule has 0 radical (unpaired) electrons. The van der Waals surface area contributed by atoms with Gasteiger partial charge in [-0.2, -0.15) is 0 Å². The van der Waals surface area contributed by atoms with Crippen LogP contribution in [0.5, 0.6) is 0 Å². The molecule has 5 nitrogen and oxygen atoms in total. The average molecular weight is 262 g/mol. The smallest absolute Gasteiger partial charge is 0.320 e. The van der Waals surface area contributed by atoms with Gasteiger partial charge in [-0.1, -0.05) is 30.3 Å². The van der Waals surface area contributed by atoms with Gasteiger partial charge in [0.1, 0.15) is 12.8 Å². The van der Waals surface area contributed by atoms with Gasteiger partial charge >= 0.3 is 5.97 Å². The third kappa shape index (κ3) is 4.46. The lowest BCUT2D eigenvalue weighted by molar-refractivity contribution is -0.139. The van der Waals surface area contributed by atoms with Crippen LogP contribution in [0.25, 0.3) is 0 Å². The molecule has 0 spiro atoms. The first-order valence-corrected chi connectivity index (χ1v) is 6.36. The van der Waals surface area contributed by atoms with Crippen LogP contribution >= 0.6 is 0 Å². The zero-order valence-electron chi connectivity index (χ0n) is 10.7. The zero-order valence-corrected chi connectivity index (χ0v) is 10.7. The first-order chi connectivity index (χ1) is 9.25. The van der Waals surface area contributed by atoms with Crippen LogP contribution in [0, 0.1) is 0 Å². The average Bonchev–Trinajstić information content (AvgIpc) is 2.45. The molecule has 5 heteroatoms. The van der Waals surface area contributed by atoms with Crippen molar-refractivity contribution in [2.24, 2.45) is 4.99 Å². The molecule has 1 saturated heterocycles. The number of benzene rings is 1. The van der Waals surface area contributed by atoms with E-state index >= 15 is 0 Å². The molecule has 1 heterocycles. The van der Waals surface area contributed by atoms with Crippen LogP contribution in [0.2, 0.25) is 0 Å². The minimum absolute atomic E-state index is 0.323. The molecule has 1 fully saturated rings. The van der Waals surface area contributed by atoms with Gasteiger partial charge in [0.05, 0.1) is 6.61 Å². The van der Waals surface area contributed by atoms with Crippen LogP contribution < -0.4 is 5.32 Å². The summed E-state index contributed by atoms with van der Waals surface area (Å²) < 4.78 is 5.47. The van der Waals surface area contributed by atoms with E-state index in [9.17, 15) is 4.79 Å². The van der Waals surface area contributed by atoms with Crippen LogP contribution in [0.4, 0.5) is 0 Å². The van der Waals surface area contributed by atoms with Gasteiger partial charge in [-0.25, -0.2) is 0 Å². The molecule has 1 aromatic rings. The lowest BCUT2D eigenvalue weighted by Gasteiger charge is -2.21. The summed E-state index contributed by atoms with van der Waals surface area (Å²) in [6, 6.07) is 9.49. The number of hydrogen-bond donors (Lipinski definition) is 2. The van der Waals surface area contributed by atoms with Crippen molar-refractivity contribution in [2.45, 2.75) is 25.5 Å². The molecule has 2 rings (SSSR count). The number of hydrogen-bond acceptors (Lipinski definition) is 4. The van der Waals surface area contributed by atoms with Crippen LogP contribution in [-0.2, 0) is 16.1 Å². The summed E-state index contributed by atoms with van der Waals surface area (Å²) in [5, 5.41) is 11.8. The van der Waals surface area contributed by atoms with E-state index in [2.05, 4.69) is 10.3 Å². The normalized spacial score (nSPS) is 21.5. The van der Waals surface area contributed by atoms with Crippen LogP contribution in [0.1, 0.15) is 18.4 Å². The van der Waals surface area contributed by atoms with Gasteiger partial charge in [-0.15, -0.1) is 0 Å². The Bertz CT molecular complexity index is 435.